The number of nitrogens with one attached hydrogen (secondary N) is 1. The van der Waals surface area contributed by atoms with E-state index >= 15 is 0 Å². The number of rotatable bonds is 8. The minimum Gasteiger partial charge on any atom is -0.408 e. The van der Waals surface area contributed by atoms with Crippen molar-refractivity contribution in [3.8, 4) is 0 Å². The van der Waals surface area contributed by atoms with Crippen LogP contribution in [0.4, 0.5) is 0 Å². The second kappa shape index (κ2) is 8.48. The van der Waals surface area contributed by atoms with E-state index in [1.807, 2.05) is 0 Å². The van der Waals surface area contributed by atoms with E-state index in [1.54, 1.807) is 6.07 Å². The number of hydrogen-bond donors (Lipinski definition) is 1. The molecule has 1 amide bonds. The first-order chi connectivity index (χ1) is 13.3. The van der Waals surface area contributed by atoms with Crippen molar-refractivity contribution in [3.05, 3.63) is 28.7 Å². The Bertz CT molecular complexity index is 1000. The van der Waals surface area contributed by atoms with Crippen molar-refractivity contribution in [2.75, 3.05) is 19.6 Å². The van der Waals surface area contributed by atoms with Gasteiger partial charge in [-0.1, -0.05) is 13.8 Å². The Morgan fingerprint density at radius 1 is 1.25 bits per heavy atom. The molecular weight excluding hydrogens is 382 g/mol. The van der Waals surface area contributed by atoms with E-state index in [9.17, 15) is 18.0 Å². The Morgan fingerprint density at radius 3 is 2.64 bits per heavy atom. The van der Waals surface area contributed by atoms with Gasteiger partial charge in [0.25, 0.3) is 0 Å². The number of carbonyl (C=O) groups excluding carboxylic acids is 1. The number of fused-ring (bicyclic) bond motifs is 1. The number of benzene rings is 1. The first-order valence-electron chi connectivity index (χ1n) is 9.69. The van der Waals surface area contributed by atoms with Gasteiger partial charge >= 0.3 is 5.76 Å². The van der Waals surface area contributed by atoms with Crippen LogP contribution >= 0.6 is 0 Å². The summed E-state index contributed by atoms with van der Waals surface area (Å²) in [4.78, 5) is 24.3. The number of aryl methyl sites for hydroxylation is 1. The van der Waals surface area contributed by atoms with Crippen LogP contribution in [0.25, 0.3) is 11.1 Å². The summed E-state index contributed by atoms with van der Waals surface area (Å²) in [6.07, 6.45) is 2.76. The molecule has 1 aliphatic heterocycles. The maximum absolute atomic E-state index is 12.7. The number of amides is 1. The van der Waals surface area contributed by atoms with E-state index in [-0.39, 0.29) is 29.4 Å². The third kappa shape index (κ3) is 4.47. The Hall–Kier alpha value is -2.13. The topological polar surface area (TPSA) is 102 Å². The van der Waals surface area contributed by atoms with E-state index in [4.69, 9.17) is 4.42 Å². The van der Waals surface area contributed by atoms with Crippen LogP contribution in [0.15, 0.2) is 32.3 Å². The zero-order chi connectivity index (χ0) is 20.3. The minimum absolute atomic E-state index is 0.120. The number of sulfonamides is 1. The fraction of sp³-hybridized carbons (Fsp3) is 0.579. The first kappa shape index (κ1) is 20.6. The fourth-order valence-electron chi connectivity index (χ4n) is 3.30. The van der Waals surface area contributed by atoms with Crippen molar-refractivity contribution in [2.24, 2.45) is 5.92 Å². The molecule has 1 N–H and O–H groups in total. The molecule has 0 spiro atoms. The molecule has 154 valence electrons. The van der Waals surface area contributed by atoms with Crippen LogP contribution in [0.5, 0.6) is 0 Å². The van der Waals surface area contributed by atoms with Gasteiger partial charge in [0.1, 0.15) is 0 Å². The smallest absolute Gasteiger partial charge is 0.408 e. The van der Waals surface area contributed by atoms with E-state index in [0.717, 1.165) is 19.3 Å². The molecule has 9 heteroatoms. The van der Waals surface area contributed by atoms with Gasteiger partial charge in [-0.15, -0.1) is 0 Å². The standard InChI is InChI=1S/C19H27N3O5S/c1-14(2)7-9-20-18(23)8-12-22-16-6-5-15(13-17(16)27-19(22)24)28(25,26)21-10-3-4-11-21/h5-6,13-14H,3-4,7-12H2,1-2H3,(H,20,23). The van der Waals surface area contributed by atoms with Gasteiger partial charge in [-0.05, 0) is 37.3 Å². The molecule has 1 saturated heterocycles. The average molecular weight is 410 g/mol. The van der Waals surface area contributed by atoms with Gasteiger partial charge in [-0.2, -0.15) is 4.31 Å². The van der Waals surface area contributed by atoms with Gasteiger partial charge < -0.3 is 9.73 Å². The van der Waals surface area contributed by atoms with Crippen molar-refractivity contribution < 1.29 is 17.6 Å². The summed E-state index contributed by atoms with van der Waals surface area (Å²) >= 11 is 0. The monoisotopic (exact) mass is 409 g/mol. The molecule has 2 aromatic rings. The third-order valence-corrected chi connectivity index (χ3v) is 6.84. The van der Waals surface area contributed by atoms with E-state index in [1.165, 1.54) is 21.0 Å². The largest absolute Gasteiger partial charge is 0.419 e. The van der Waals surface area contributed by atoms with Gasteiger partial charge in [0.2, 0.25) is 15.9 Å². The molecular formula is C19H27N3O5S. The second-order valence-corrected chi connectivity index (χ2v) is 9.48. The van der Waals surface area contributed by atoms with Crippen LogP contribution in [-0.4, -0.2) is 42.8 Å². The predicted molar refractivity (Wildman–Crippen MR) is 106 cm³/mol. The highest BCUT2D eigenvalue weighted by Crippen LogP contribution is 2.24. The summed E-state index contributed by atoms with van der Waals surface area (Å²) in [5.74, 6) is -0.220. The van der Waals surface area contributed by atoms with Crippen LogP contribution in [0, 0.1) is 5.92 Å². The summed E-state index contributed by atoms with van der Waals surface area (Å²) < 4.78 is 33.4. The fourth-order valence-corrected chi connectivity index (χ4v) is 4.83. The van der Waals surface area contributed by atoms with E-state index < -0.39 is 15.8 Å². The SMILES string of the molecule is CC(C)CCNC(=O)CCn1c(=O)oc2cc(S(=O)(=O)N3CCCC3)ccc21. The van der Waals surface area contributed by atoms with Gasteiger partial charge in [0.05, 0.1) is 10.4 Å². The van der Waals surface area contributed by atoms with E-state index in [2.05, 4.69) is 19.2 Å². The lowest BCUT2D eigenvalue weighted by Gasteiger charge is -2.15. The van der Waals surface area contributed by atoms with Crippen LogP contribution in [0.3, 0.4) is 0 Å². The highest BCUT2D eigenvalue weighted by atomic mass is 32.2. The molecule has 1 fully saturated rings. The third-order valence-electron chi connectivity index (χ3n) is 4.95. The Kier molecular flexibility index (Phi) is 6.24. The minimum atomic E-state index is -3.58. The summed E-state index contributed by atoms with van der Waals surface area (Å²) in [6, 6.07) is 4.45. The van der Waals surface area contributed by atoms with Crippen molar-refractivity contribution in [2.45, 2.75) is 51.0 Å². The lowest BCUT2D eigenvalue weighted by Crippen LogP contribution is -2.28. The van der Waals surface area contributed by atoms with Gasteiger partial charge in [0.15, 0.2) is 5.58 Å². The molecule has 3 rings (SSSR count). The maximum Gasteiger partial charge on any atom is 0.419 e. The Balaban J connectivity index is 1.74. The molecule has 2 heterocycles. The Labute approximate surface area is 164 Å². The summed E-state index contributed by atoms with van der Waals surface area (Å²) in [6.45, 7) is 5.98. The number of aromatic nitrogens is 1. The van der Waals surface area contributed by atoms with Gasteiger partial charge in [-0.25, -0.2) is 13.2 Å². The van der Waals surface area contributed by atoms with Crippen molar-refractivity contribution in [1.82, 2.24) is 14.2 Å². The number of oxazole rings is 1. The average Bonchev–Trinajstić information content (AvgIpc) is 3.27. The number of hydrogen-bond acceptors (Lipinski definition) is 5. The maximum atomic E-state index is 12.7. The molecule has 0 bridgehead atoms. The van der Waals surface area contributed by atoms with Crippen molar-refractivity contribution >= 4 is 27.0 Å². The summed E-state index contributed by atoms with van der Waals surface area (Å²) in [5.41, 5.74) is 0.700. The van der Waals surface area contributed by atoms with Gasteiger partial charge in [-0.3, -0.25) is 9.36 Å². The van der Waals surface area contributed by atoms with Crippen LogP contribution in [0.2, 0.25) is 0 Å². The molecule has 0 saturated carbocycles. The molecule has 1 aromatic carbocycles. The van der Waals surface area contributed by atoms with Crippen molar-refractivity contribution in [3.63, 3.8) is 0 Å². The Morgan fingerprint density at radius 2 is 1.96 bits per heavy atom. The molecule has 28 heavy (non-hydrogen) atoms. The normalized spacial score (nSPS) is 15.5. The molecule has 0 atom stereocenters. The van der Waals surface area contributed by atoms with Crippen molar-refractivity contribution in [1.29, 1.82) is 0 Å². The second-order valence-electron chi connectivity index (χ2n) is 7.54. The van der Waals surface area contributed by atoms with E-state index in [0.29, 0.717) is 31.1 Å². The highest BCUT2D eigenvalue weighted by molar-refractivity contribution is 7.89. The quantitative estimate of drug-likeness (QED) is 0.718. The molecule has 0 radical (unpaired) electrons. The lowest BCUT2D eigenvalue weighted by atomic mass is 10.1. The molecule has 8 nitrogen and oxygen atoms in total. The van der Waals surface area contributed by atoms with Crippen LogP contribution < -0.4 is 11.1 Å². The van der Waals surface area contributed by atoms with Gasteiger partial charge in [0, 0.05) is 38.7 Å². The molecule has 0 aliphatic carbocycles. The zero-order valence-corrected chi connectivity index (χ0v) is 17.1. The molecule has 1 aliphatic rings. The molecule has 1 aromatic heterocycles. The number of nitrogens with zero attached hydrogens (tertiary/aromatic N) is 2. The highest BCUT2D eigenvalue weighted by Gasteiger charge is 2.28. The lowest BCUT2D eigenvalue weighted by molar-refractivity contribution is -0.121. The van der Waals surface area contributed by atoms with Crippen LogP contribution in [0.1, 0.15) is 39.5 Å². The first-order valence-corrected chi connectivity index (χ1v) is 11.1. The zero-order valence-electron chi connectivity index (χ0n) is 16.3. The summed E-state index contributed by atoms with van der Waals surface area (Å²) in [7, 11) is -3.58. The molecule has 0 unspecified atom stereocenters. The van der Waals surface area contributed by atoms with Crippen LogP contribution in [-0.2, 0) is 21.4 Å². The summed E-state index contributed by atoms with van der Waals surface area (Å²) in [5, 5.41) is 2.83. The predicted octanol–water partition coefficient (Wildman–Crippen LogP) is 1.93. The number of carbonyl (C=O) groups is 1.